The molecule has 2 aliphatic rings. The first kappa shape index (κ1) is 22.6. The lowest BCUT2D eigenvalue weighted by molar-refractivity contribution is 0.00540. The van der Waals surface area contributed by atoms with Crippen LogP contribution in [0.2, 0.25) is 0 Å². The van der Waals surface area contributed by atoms with Crippen LogP contribution in [-0.2, 0) is 11.3 Å². The highest BCUT2D eigenvalue weighted by molar-refractivity contribution is 5.69. The summed E-state index contributed by atoms with van der Waals surface area (Å²) in [4.78, 5) is 17.2. The van der Waals surface area contributed by atoms with Gasteiger partial charge >= 0.3 is 6.09 Å². The van der Waals surface area contributed by atoms with E-state index in [9.17, 15) is 4.79 Å². The Morgan fingerprint density at radius 2 is 1.94 bits per heavy atom. The maximum Gasteiger partial charge on any atom is 0.410 e. The third kappa shape index (κ3) is 5.23. The molecule has 1 amide bonds. The number of hydrogen-bond donors (Lipinski definition) is 0. The predicted octanol–water partition coefficient (Wildman–Crippen LogP) is 4.50. The molecule has 1 aromatic heterocycles. The zero-order chi connectivity index (χ0) is 22.7. The van der Waals surface area contributed by atoms with Crippen molar-refractivity contribution in [3.8, 4) is 17.2 Å². The minimum Gasteiger partial charge on any atom is -0.497 e. The van der Waals surface area contributed by atoms with Crippen LogP contribution in [0.3, 0.4) is 0 Å². The summed E-state index contributed by atoms with van der Waals surface area (Å²) in [5, 5.41) is 8.55. The molecule has 0 radical (unpaired) electrons. The van der Waals surface area contributed by atoms with Gasteiger partial charge in [0.05, 0.1) is 19.7 Å². The first-order valence-electron chi connectivity index (χ1n) is 11.5. The minimum atomic E-state index is -0.489. The van der Waals surface area contributed by atoms with E-state index in [1.807, 2.05) is 49.9 Å². The lowest BCUT2D eigenvalue weighted by Gasteiger charge is -2.41. The van der Waals surface area contributed by atoms with Crippen molar-refractivity contribution in [1.29, 1.82) is 0 Å². The summed E-state index contributed by atoms with van der Waals surface area (Å²) in [7, 11) is 1.64. The van der Waals surface area contributed by atoms with Crippen molar-refractivity contribution in [3.05, 3.63) is 30.2 Å². The number of methoxy groups -OCH3 is 1. The van der Waals surface area contributed by atoms with Gasteiger partial charge in [0.2, 0.25) is 11.8 Å². The van der Waals surface area contributed by atoms with Crippen molar-refractivity contribution < 1.29 is 18.7 Å². The highest BCUT2D eigenvalue weighted by Crippen LogP contribution is 2.32. The summed E-state index contributed by atoms with van der Waals surface area (Å²) < 4.78 is 17.0. The number of amides is 1. The van der Waals surface area contributed by atoms with Gasteiger partial charge in [-0.25, -0.2) is 4.79 Å². The summed E-state index contributed by atoms with van der Waals surface area (Å²) in [5.41, 5.74) is 0.349. The first-order chi connectivity index (χ1) is 15.3. The van der Waals surface area contributed by atoms with E-state index in [0.717, 1.165) is 50.1 Å². The molecule has 0 bridgehead atoms. The third-order valence-corrected chi connectivity index (χ3v) is 6.16. The molecule has 4 rings (SSSR count). The van der Waals surface area contributed by atoms with Gasteiger partial charge in [0.15, 0.2) is 0 Å². The van der Waals surface area contributed by atoms with Gasteiger partial charge in [-0.1, -0.05) is 12.5 Å². The van der Waals surface area contributed by atoms with Crippen LogP contribution in [0.15, 0.2) is 28.7 Å². The molecule has 32 heavy (non-hydrogen) atoms. The summed E-state index contributed by atoms with van der Waals surface area (Å²) in [6.45, 7) is 8.04. The SMILES string of the molecule is COc1cccc(-c2nnc(CN3CCCC[C@H]3[C@@H]3CCCN3C(=O)OC(C)(C)C)o2)c1. The number of piperidine rings is 1. The van der Waals surface area contributed by atoms with Gasteiger partial charge in [-0.05, 0) is 71.2 Å². The van der Waals surface area contributed by atoms with Crippen LogP contribution >= 0.6 is 0 Å². The number of carbonyl (C=O) groups excluding carboxylic acids is 1. The number of hydrogen-bond acceptors (Lipinski definition) is 7. The number of ether oxygens (including phenoxy) is 2. The molecular formula is C24H34N4O4. The Hall–Kier alpha value is -2.61. The summed E-state index contributed by atoms with van der Waals surface area (Å²) in [6, 6.07) is 8.04. The largest absolute Gasteiger partial charge is 0.497 e. The number of rotatable bonds is 5. The van der Waals surface area contributed by atoms with E-state index in [1.54, 1.807) is 7.11 Å². The van der Waals surface area contributed by atoms with E-state index < -0.39 is 5.60 Å². The number of aromatic nitrogens is 2. The summed E-state index contributed by atoms with van der Waals surface area (Å²) in [5.74, 6) is 1.84. The Morgan fingerprint density at radius 1 is 1.12 bits per heavy atom. The average molecular weight is 443 g/mol. The predicted molar refractivity (Wildman–Crippen MR) is 120 cm³/mol. The zero-order valence-electron chi connectivity index (χ0n) is 19.5. The molecule has 8 nitrogen and oxygen atoms in total. The van der Waals surface area contributed by atoms with Crippen LogP contribution in [0.25, 0.3) is 11.5 Å². The van der Waals surface area contributed by atoms with Gasteiger partial charge in [0, 0.05) is 18.2 Å². The molecule has 0 unspecified atom stereocenters. The maximum atomic E-state index is 12.8. The van der Waals surface area contributed by atoms with E-state index in [1.165, 1.54) is 6.42 Å². The second-order valence-electron chi connectivity index (χ2n) is 9.65. The van der Waals surface area contributed by atoms with E-state index in [0.29, 0.717) is 18.3 Å². The fraction of sp³-hybridized carbons (Fsp3) is 0.625. The smallest absolute Gasteiger partial charge is 0.410 e. The van der Waals surface area contributed by atoms with Gasteiger partial charge in [-0.2, -0.15) is 0 Å². The molecule has 2 fully saturated rings. The Morgan fingerprint density at radius 3 is 2.72 bits per heavy atom. The Bertz CT molecular complexity index is 923. The normalized spacial score (nSPS) is 22.2. The van der Waals surface area contributed by atoms with Crippen molar-refractivity contribution >= 4 is 6.09 Å². The molecule has 2 aromatic rings. The Balaban J connectivity index is 1.47. The van der Waals surface area contributed by atoms with Gasteiger partial charge in [0.1, 0.15) is 11.4 Å². The van der Waals surface area contributed by atoms with Gasteiger partial charge in [0.25, 0.3) is 0 Å². The van der Waals surface area contributed by atoms with Crippen LogP contribution in [0, 0.1) is 0 Å². The van der Waals surface area contributed by atoms with Gasteiger partial charge in [-0.15, -0.1) is 10.2 Å². The van der Waals surface area contributed by atoms with Gasteiger partial charge in [-0.3, -0.25) is 4.90 Å². The molecule has 0 spiro atoms. The molecule has 1 aromatic carbocycles. The molecule has 0 N–H and O–H groups in total. The van der Waals surface area contributed by atoms with Crippen LogP contribution in [0.5, 0.6) is 5.75 Å². The van der Waals surface area contributed by atoms with Crippen LogP contribution < -0.4 is 4.74 Å². The van der Waals surface area contributed by atoms with Crippen molar-refractivity contribution in [1.82, 2.24) is 20.0 Å². The number of carbonyl (C=O) groups is 1. The summed E-state index contributed by atoms with van der Waals surface area (Å²) in [6.07, 6.45) is 5.16. The quantitative estimate of drug-likeness (QED) is 0.674. The van der Waals surface area contributed by atoms with Crippen LogP contribution in [0.1, 0.15) is 58.8 Å². The Labute approximate surface area is 189 Å². The van der Waals surface area contributed by atoms with Crippen molar-refractivity contribution in [2.75, 3.05) is 20.2 Å². The van der Waals surface area contributed by atoms with Crippen LogP contribution in [0.4, 0.5) is 4.79 Å². The van der Waals surface area contributed by atoms with E-state index in [2.05, 4.69) is 15.1 Å². The first-order valence-corrected chi connectivity index (χ1v) is 11.5. The lowest BCUT2D eigenvalue weighted by atomic mass is 9.94. The minimum absolute atomic E-state index is 0.158. The molecule has 2 aliphatic heterocycles. The molecule has 2 atom stereocenters. The second kappa shape index (κ2) is 9.48. The van der Waals surface area contributed by atoms with E-state index in [4.69, 9.17) is 13.9 Å². The van der Waals surface area contributed by atoms with Crippen molar-refractivity contribution in [2.24, 2.45) is 0 Å². The Kier molecular flexibility index (Phi) is 6.69. The molecule has 8 heteroatoms. The summed E-state index contributed by atoms with van der Waals surface area (Å²) >= 11 is 0. The molecule has 0 saturated carbocycles. The molecule has 2 saturated heterocycles. The third-order valence-electron chi connectivity index (χ3n) is 6.16. The molecule has 0 aliphatic carbocycles. The fourth-order valence-corrected chi connectivity index (χ4v) is 4.75. The van der Waals surface area contributed by atoms with Crippen molar-refractivity contribution in [3.63, 3.8) is 0 Å². The van der Waals surface area contributed by atoms with E-state index in [-0.39, 0.29) is 18.2 Å². The second-order valence-corrected chi connectivity index (χ2v) is 9.65. The molecular weight excluding hydrogens is 408 g/mol. The van der Waals surface area contributed by atoms with Gasteiger partial charge < -0.3 is 18.8 Å². The fourth-order valence-electron chi connectivity index (χ4n) is 4.75. The number of benzene rings is 1. The average Bonchev–Trinajstić information content (AvgIpc) is 3.43. The monoisotopic (exact) mass is 442 g/mol. The highest BCUT2D eigenvalue weighted by Gasteiger charge is 2.40. The molecule has 3 heterocycles. The lowest BCUT2D eigenvalue weighted by Crippen LogP contribution is -2.53. The standard InChI is InChI=1S/C24H34N4O4/c1-24(2,3)32-23(29)28-14-8-12-20(28)19-11-5-6-13-27(19)16-21-25-26-22(31-21)17-9-7-10-18(15-17)30-4/h7,9-10,15,19-20H,5-6,8,11-14,16H2,1-4H3/t19-,20-/m0/s1. The van der Waals surface area contributed by atoms with Crippen LogP contribution in [-0.4, -0.2) is 64.0 Å². The zero-order valence-corrected chi connectivity index (χ0v) is 19.5. The number of nitrogens with zero attached hydrogens (tertiary/aromatic N) is 4. The molecule has 174 valence electrons. The van der Waals surface area contributed by atoms with Crippen molar-refractivity contribution in [2.45, 2.75) is 77.1 Å². The highest BCUT2D eigenvalue weighted by atomic mass is 16.6. The maximum absolute atomic E-state index is 12.8. The number of likely N-dealkylation sites (tertiary alicyclic amines) is 2. The van der Waals surface area contributed by atoms with E-state index >= 15 is 0 Å². The topological polar surface area (TPSA) is 80.9 Å².